The van der Waals surface area contributed by atoms with Gasteiger partial charge < -0.3 is 10.4 Å². The van der Waals surface area contributed by atoms with Gasteiger partial charge in [-0.1, -0.05) is 25.1 Å². The van der Waals surface area contributed by atoms with Gasteiger partial charge in [0.05, 0.1) is 18.4 Å². The number of nitrogens with one attached hydrogen (secondary N) is 1. The summed E-state index contributed by atoms with van der Waals surface area (Å²) in [7, 11) is 0. The van der Waals surface area contributed by atoms with Crippen LogP contribution in [0.4, 0.5) is 0 Å². The van der Waals surface area contributed by atoms with Crippen LogP contribution in [0.15, 0.2) is 30.6 Å². The van der Waals surface area contributed by atoms with E-state index in [-0.39, 0.29) is 11.6 Å². The van der Waals surface area contributed by atoms with Crippen LogP contribution in [-0.4, -0.2) is 43.0 Å². The predicted molar refractivity (Wildman–Crippen MR) is 81.7 cm³/mol. The van der Waals surface area contributed by atoms with E-state index in [1.807, 2.05) is 32.0 Å². The van der Waals surface area contributed by atoms with Crippen LogP contribution >= 0.6 is 0 Å². The molecular weight excluding hydrogens is 298 g/mol. The zero-order valence-electron chi connectivity index (χ0n) is 13.0. The van der Waals surface area contributed by atoms with Crippen molar-refractivity contribution >= 4 is 11.9 Å². The molecule has 0 fully saturated rings. The van der Waals surface area contributed by atoms with Gasteiger partial charge in [0.15, 0.2) is 5.69 Å². The summed E-state index contributed by atoms with van der Waals surface area (Å²) in [6.07, 6.45) is 3.49. The normalized spacial score (nSPS) is 12.1. The molecule has 0 bridgehead atoms. The fourth-order valence-corrected chi connectivity index (χ4v) is 2.06. The molecule has 2 aromatic rings. The Bertz CT molecular complexity index is 669. The zero-order valence-corrected chi connectivity index (χ0v) is 13.0. The van der Waals surface area contributed by atoms with Gasteiger partial charge in [-0.25, -0.2) is 9.48 Å². The molecule has 0 aliphatic heterocycles. The highest BCUT2D eigenvalue weighted by Gasteiger charge is 2.23. The van der Waals surface area contributed by atoms with E-state index in [0.29, 0.717) is 13.0 Å². The summed E-state index contributed by atoms with van der Waals surface area (Å²) in [5, 5.41) is 19.3. The van der Waals surface area contributed by atoms with Gasteiger partial charge in [0.25, 0.3) is 5.91 Å². The average Bonchev–Trinajstić information content (AvgIpc) is 2.95. The molecule has 8 heteroatoms. The van der Waals surface area contributed by atoms with Gasteiger partial charge in [-0.3, -0.25) is 9.78 Å². The third-order valence-electron chi connectivity index (χ3n) is 3.13. The number of aromatic nitrogens is 4. The number of amides is 1. The summed E-state index contributed by atoms with van der Waals surface area (Å²) < 4.78 is 1.48. The molecule has 0 aromatic carbocycles. The first kappa shape index (κ1) is 16.6. The van der Waals surface area contributed by atoms with Crippen molar-refractivity contribution in [3.8, 4) is 0 Å². The maximum Gasteiger partial charge on any atom is 0.326 e. The Balaban J connectivity index is 2.01. The number of carbonyl (C=O) groups is 2. The first-order valence-electron chi connectivity index (χ1n) is 7.29. The lowest BCUT2D eigenvalue weighted by Crippen LogP contribution is -2.41. The molecule has 2 aromatic heterocycles. The Kier molecular flexibility index (Phi) is 5.40. The topological polar surface area (TPSA) is 110 Å². The SMILES string of the molecule is CC(C)C[C@@H](NC(=O)c1cn(Cc2ccccn2)nn1)C(=O)O. The van der Waals surface area contributed by atoms with Crippen molar-refractivity contribution in [1.29, 1.82) is 0 Å². The number of pyridine rings is 1. The Morgan fingerprint density at radius 3 is 2.74 bits per heavy atom. The molecule has 122 valence electrons. The number of carboxylic acid groups (broad SMARTS) is 1. The molecule has 2 N–H and O–H groups in total. The minimum absolute atomic E-state index is 0.0796. The van der Waals surface area contributed by atoms with E-state index in [4.69, 9.17) is 5.11 Å². The minimum Gasteiger partial charge on any atom is -0.480 e. The second-order valence-corrected chi connectivity index (χ2v) is 5.62. The van der Waals surface area contributed by atoms with Crippen LogP contribution in [-0.2, 0) is 11.3 Å². The molecule has 0 unspecified atom stereocenters. The fourth-order valence-electron chi connectivity index (χ4n) is 2.06. The lowest BCUT2D eigenvalue weighted by atomic mass is 10.0. The highest BCUT2D eigenvalue weighted by molar-refractivity contribution is 5.94. The highest BCUT2D eigenvalue weighted by Crippen LogP contribution is 2.06. The van der Waals surface area contributed by atoms with Gasteiger partial charge in [0, 0.05) is 6.20 Å². The molecule has 0 saturated heterocycles. The quantitative estimate of drug-likeness (QED) is 0.786. The van der Waals surface area contributed by atoms with Crippen molar-refractivity contribution in [2.75, 3.05) is 0 Å². The van der Waals surface area contributed by atoms with E-state index in [1.165, 1.54) is 10.9 Å². The van der Waals surface area contributed by atoms with Crippen LogP contribution in [0.2, 0.25) is 0 Å². The number of hydrogen-bond donors (Lipinski definition) is 2. The monoisotopic (exact) mass is 317 g/mol. The number of carboxylic acids is 1. The molecule has 1 amide bonds. The summed E-state index contributed by atoms with van der Waals surface area (Å²) in [6, 6.07) is 4.56. The molecule has 0 aliphatic rings. The standard InChI is InChI=1S/C15H19N5O3/c1-10(2)7-12(15(22)23)17-14(21)13-9-20(19-18-13)8-11-5-3-4-6-16-11/h3-6,9-10,12H,7-8H2,1-2H3,(H,17,21)(H,22,23)/t12-/m1/s1. The lowest BCUT2D eigenvalue weighted by molar-refractivity contribution is -0.139. The smallest absolute Gasteiger partial charge is 0.326 e. The van der Waals surface area contributed by atoms with Gasteiger partial charge >= 0.3 is 5.97 Å². The van der Waals surface area contributed by atoms with Gasteiger partial charge in [-0.2, -0.15) is 0 Å². The molecular formula is C15H19N5O3. The largest absolute Gasteiger partial charge is 0.480 e. The van der Waals surface area contributed by atoms with Crippen LogP contribution in [0.3, 0.4) is 0 Å². The number of nitrogens with zero attached hydrogens (tertiary/aromatic N) is 4. The van der Waals surface area contributed by atoms with Crippen LogP contribution in [0, 0.1) is 5.92 Å². The number of hydrogen-bond acceptors (Lipinski definition) is 5. The third kappa shape index (κ3) is 4.87. The van der Waals surface area contributed by atoms with E-state index in [0.717, 1.165) is 5.69 Å². The second-order valence-electron chi connectivity index (χ2n) is 5.62. The molecule has 8 nitrogen and oxygen atoms in total. The lowest BCUT2D eigenvalue weighted by Gasteiger charge is -2.15. The van der Waals surface area contributed by atoms with Crippen molar-refractivity contribution in [3.05, 3.63) is 42.0 Å². The summed E-state index contributed by atoms with van der Waals surface area (Å²) in [6.45, 7) is 4.17. The molecule has 2 rings (SSSR count). The molecule has 0 saturated carbocycles. The zero-order chi connectivity index (χ0) is 16.8. The van der Waals surface area contributed by atoms with E-state index < -0.39 is 17.9 Å². The number of aliphatic carboxylic acids is 1. The summed E-state index contributed by atoms with van der Waals surface area (Å²) >= 11 is 0. The predicted octanol–water partition coefficient (Wildman–Crippen LogP) is 0.950. The van der Waals surface area contributed by atoms with Crippen molar-refractivity contribution in [3.63, 3.8) is 0 Å². The van der Waals surface area contributed by atoms with Crippen LogP contribution in [0.1, 0.15) is 36.5 Å². The summed E-state index contributed by atoms with van der Waals surface area (Å²) in [5.74, 6) is -1.46. The third-order valence-corrected chi connectivity index (χ3v) is 3.13. The van der Waals surface area contributed by atoms with Crippen molar-refractivity contribution < 1.29 is 14.7 Å². The molecule has 23 heavy (non-hydrogen) atoms. The Morgan fingerprint density at radius 2 is 2.13 bits per heavy atom. The van der Waals surface area contributed by atoms with Crippen LogP contribution in [0.5, 0.6) is 0 Å². The Labute approximate surface area is 133 Å². The van der Waals surface area contributed by atoms with Gasteiger partial charge in [0.1, 0.15) is 6.04 Å². The van der Waals surface area contributed by atoms with E-state index in [9.17, 15) is 9.59 Å². The van der Waals surface area contributed by atoms with Crippen molar-refractivity contribution in [2.24, 2.45) is 5.92 Å². The van der Waals surface area contributed by atoms with Gasteiger partial charge in [0.2, 0.25) is 0 Å². The summed E-state index contributed by atoms with van der Waals surface area (Å²) in [5.41, 5.74) is 0.864. The minimum atomic E-state index is -1.06. The van der Waals surface area contributed by atoms with Gasteiger partial charge in [-0.15, -0.1) is 5.10 Å². The summed E-state index contributed by atoms with van der Waals surface area (Å²) in [4.78, 5) is 27.5. The number of rotatable bonds is 7. The fraction of sp³-hybridized carbons (Fsp3) is 0.400. The van der Waals surface area contributed by atoms with Crippen molar-refractivity contribution in [1.82, 2.24) is 25.3 Å². The maximum atomic E-state index is 12.1. The second kappa shape index (κ2) is 7.48. The van der Waals surface area contributed by atoms with Crippen LogP contribution < -0.4 is 5.32 Å². The molecule has 0 radical (unpaired) electrons. The first-order valence-corrected chi connectivity index (χ1v) is 7.29. The molecule has 1 atom stereocenters. The van der Waals surface area contributed by atoms with E-state index in [1.54, 1.807) is 6.20 Å². The Morgan fingerprint density at radius 1 is 1.35 bits per heavy atom. The Hall–Kier alpha value is -2.77. The highest BCUT2D eigenvalue weighted by atomic mass is 16.4. The number of carbonyl (C=O) groups excluding carboxylic acids is 1. The average molecular weight is 317 g/mol. The molecule has 0 aliphatic carbocycles. The van der Waals surface area contributed by atoms with E-state index >= 15 is 0 Å². The van der Waals surface area contributed by atoms with E-state index in [2.05, 4.69) is 20.6 Å². The first-order chi connectivity index (χ1) is 11.0. The van der Waals surface area contributed by atoms with Crippen molar-refractivity contribution in [2.45, 2.75) is 32.9 Å². The molecule has 2 heterocycles. The van der Waals surface area contributed by atoms with Crippen LogP contribution in [0.25, 0.3) is 0 Å². The molecule has 0 spiro atoms. The maximum absolute atomic E-state index is 12.1. The van der Waals surface area contributed by atoms with Gasteiger partial charge in [-0.05, 0) is 24.5 Å².